The van der Waals surface area contributed by atoms with E-state index in [9.17, 15) is 0 Å². The monoisotopic (exact) mass is 304 g/mol. The van der Waals surface area contributed by atoms with E-state index in [0.29, 0.717) is 10.6 Å². The van der Waals surface area contributed by atoms with Crippen molar-refractivity contribution in [3.05, 3.63) is 40.9 Å². The van der Waals surface area contributed by atoms with E-state index in [-0.39, 0.29) is 11.2 Å². The lowest BCUT2D eigenvalue weighted by Gasteiger charge is -2.11. The maximum Gasteiger partial charge on any atom is 0.162 e. The molecule has 1 unspecified atom stereocenters. The van der Waals surface area contributed by atoms with E-state index in [0.717, 1.165) is 23.0 Å². The predicted molar refractivity (Wildman–Crippen MR) is 76.9 cm³/mol. The van der Waals surface area contributed by atoms with Gasteiger partial charge in [-0.2, -0.15) is 9.64 Å². The molecule has 3 aromatic rings. The van der Waals surface area contributed by atoms with Gasteiger partial charge in [0.2, 0.25) is 0 Å². The lowest BCUT2D eigenvalue weighted by molar-refractivity contribution is 0.775. The Hall–Kier alpha value is -2.17. The Morgan fingerprint density at radius 1 is 1.45 bits per heavy atom. The van der Waals surface area contributed by atoms with Crippen LogP contribution in [0.25, 0.3) is 5.65 Å². The van der Waals surface area contributed by atoms with Crippen molar-refractivity contribution in [1.29, 1.82) is 5.26 Å². The number of anilines is 1. The van der Waals surface area contributed by atoms with Gasteiger partial charge in [0.05, 0.1) is 6.04 Å². The quantitative estimate of drug-likeness (QED) is 0.805. The van der Waals surface area contributed by atoms with E-state index >= 15 is 0 Å². The Balaban J connectivity index is 1.93. The second kappa shape index (κ2) is 5.07. The molecule has 1 atom stereocenters. The fourth-order valence-corrected chi connectivity index (χ4v) is 2.90. The van der Waals surface area contributed by atoms with Gasteiger partial charge in [-0.1, -0.05) is 17.7 Å². The molecule has 0 aliphatic rings. The van der Waals surface area contributed by atoms with E-state index in [2.05, 4.69) is 19.9 Å². The van der Waals surface area contributed by atoms with Crippen LogP contribution in [0.4, 0.5) is 5.00 Å². The minimum Gasteiger partial charge on any atom is -0.365 e. The summed E-state index contributed by atoms with van der Waals surface area (Å²) < 4.78 is 5.86. The molecule has 0 aromatic carbocycles. The fourth-order valence-electron chi connectivity index (χ4n) is 1.88. The third-order valence-corrected chi connectivity index (χ3v) is 3.99. The van der Waals surface area contributed by atoms with Crippen LogP contribution in [-0.2, 0) is 0 Å². The summed E-state index contributed by atoms with van der Waals surface area (Å²) in [5.74, 6) is 0.758. The van der Waals surface area contributed by atoms with Crippen LogP contribution in [0.2, 0.25) is 5.15 Å². The van der Waals surface area contributed by atoms with Crippen molar-refractivity contribution < 1.29 is 0 Å². The number of pyridine rings is 1. The van der Waals surface area contributed by atoms with Crippen molar-refractivity contribution in [2.75, 3.05) is 5.32 Å². The zero-order chi connectivity index (χ0) is 14.1. The van der Waals surface area contributed by atoms with E-state index in [1.54, 1.807) is 0 Å². The normalized spacial score (nSPS) is 12.2. The molecule has 8 heteroatoms. The molecular formula is C12H9ClN6S. The van der Waals surface area contributed by atoms with Crippen molar-refractivity contribution in [2.45, 2.75) is 13.0 Å². The molecule has 0 saturated heterocycles. The molecule has 0 aliphatic heterocycles. The molecule has 0 bridgehead atoms. The predicted octanol–water partition coefficient (Wildman–Crippen LogP) is 2.88. The van der Waals surface area contributed by atoms with Gasteiger partial charge < -0.3 is 5.32 Å². The molecule has 0 amide bonds. The summed E-state index contributed by atoms with van der Waals surface area (Å²) in [5, 5.41) is 21.4. The van der Waals surface area contributed by atoms with Gasteiger partial charge in [-0.25, -0.2) is 0 Å². The summed E-state index contributed by atoms with van der Waals surface area (Å²) in [4.78, 5) is 0. The third kappa shape index (κ3) is 2.09. The highest BCUT2D eigenvalue weighted by molar-refractivity contribution is 7.10. The maximum absolute atomic E-state index is 9.06. The zero-order valence-electron chi connectivity index (χ0n) is 10.4. The van der Waals surface area contributed by atoms with E-state index in [1.807, 2.05) is 41.8 Å². The zero-order valence-corrected chi connectivity index (χ0v) is 12.0. The van der Waals surface area contributed by atoms with Crippen LogP contribution >= 0.6 is 23.1 Å². The van der Waals surface area contributed by atoms with Crippen molar-refractivity contribution in [1.82, 2.24) is 19.0 Å². The van der Waals surface area contributed by atoms with Crippen LogP contribution in [0.3, 0.4) is 0 Å². The molecule has 1 N–H and O–H groups in total. The van der Waals surface area contributed by atoms with Crippen molar-refractivity contribution >= 4 is 33.8 Å². The minimum atomic E-state index is -0.129. The Bertz CT molecular complexity index is 802. The number of nitrogens with zero attached hydrogens (tertiary/aromatic N) is 5. The van der Waals surface area contributed by atoms with Gasteiger partial charge in [0.15, 0.2) is 16.6 Å². The van der Waals surface area contributed by atoms with Crippen LogP contribution in [-0.4, -0.2) is 19.0 Å². The van der Waals surface area contributed by atoms with Gasteiger partial charge in [0.25, 0.3) is 0 Å². The van der Waals surface area contributed by atoms with Crippen LogP contribution in [0.1, 0.15) is 24.4 Å². The summed E-state index contributed by atoms with van der Waals surface area (Å²) in [6, 6.07) is 7.61. The Morgan fingerprint density at radius 3 is 3.10 bits per heavy atom. The van der Waals surface area contributed by atoms with E-state index in [4.69, 9.17) is 16.9 Å². The van der Waals surface area contributed by atoms with Crippen LogP contribution in [0.5, 0.6) is 0 Å². The molecule has 6 nitrogen and oxygen atoms in total. The van der Waals surface area contributed by atoms with Gasteiger partial charge in [-0.3, -0.25) is 4.40 Å². The first-order valence-electron chi connectivity index (χ1n) is 5.82. The second-order valence-electron chi connectivity index (χ2n) is 4.14. The highest BCUT2D eigenvalue weighted by Gasteiger charge is 2.18. The summed E-state index contributed by atoms with van der Waals surface area (Å²) in [7, 11) is 0. The number of rotatable bonds is 3. The van der Waals surface area contributed by atoms with Crippen LogP contribution in [0.15, 0.2) is 24.4 Å². The first-order valence-corrected chi connectivity index (χ1v) is 6.97. The SMILES string of the molecule is CC(Nc1snc(Cl)c1C#N)c1nnc2ccccn12. The number of hydrogen-bond acceptors (Lipinski definition) is 6. The molecular weight excluding hydrogens is 296 g/mol. The highest BCUT2D eigenvalue weighted by Crippen LogP contribution is 2.30. The van der Waals surface area contributed by atoms with Crippen LogP contribution in [0, 0.1) is 11.3 Å². The molecule has 0 aliphatic carbocycles. The Labute approximate surface area is 123 Å². The number of nitriles is 1. The average Bonchev–Trinajstić information content (AvgIpc) is 3.02. The molecule has 20 heavy (non-hydrogen) atoms. The minimum absolute atomic E-state index is 0.129. The van der Waals surface area contributed by atoms with Gasteiger partial charge in [-0.05, 0) is 30.6 Å². The summed E-state index contributed by atoms with van der Waals surface area (Å²) in [5.41, 5.74) is 1.14. The average molecular weight is 305 g/mol. The van der Waals surface area contributed by atoms with Crippen molar-refractivity contribution in [2.24, 2.45) is 0 Å². The molecule has 3 aromatic heterocycles. The Morgan fingerprint density at radius 2 is 2.30 bits per heavy atom. The topological polar surface area (TPSA) is 78.9 Å². The first-order chi connectivity index (χ1) is 9.70. The van der Waals surface area contributed by atoms with Gasteiger partial charge in [0.1, 0.15) is 16.6 Å². The number of aromatic nitrogens is 4. The first kappa shape index (κ1) is 12.8. The Kier molecular flexibility index (Phi) is 3.26. The lowest BCUT2D eigenvalue weighted by Crippen LogP contribution is -2.10. The van der Waals surface area contributed by atoms with Gasteiger partial charge >= 0.3 is 0 Å². The summed E-state index contributed by atoms with van der Waals surface area (Å²) in [6.45, 7) is 1.94. The van der Waals surface area contributed by atoms with Crippen molar-refractivity contribution in [3.63, 3.8) is 0 Å². The fraction of sp³-hybridized carbons (Fsp3) is 0.167. The number of halogens is 1. The van der Waals surface area contributed by atoms with E-state index in [1.165, 1.54) is 0 Å². The van der Waals surface area contributed by atoms with E-state index < -0.39 is 0 Å². The molecule has 3 heterocycles. The smallest absolute Gasteiger partial charge is 0.162 e. The van der Waals surface area contributed by atoms with Gasteiger partial charge in [0, 0.05) is 6.20 Å². The largest absolute Gasteiger partial charge is 0.365 e. The summed E-state index contributed by atoms with van der Waals surface area (Å²) >= 11 is 7.01. The number of nitrogens with one attached hydrogen (secondary N) is 1. The molecule has 100 valence electrons. The van der Waals surface area contributed by atoms with Crippen LogP contribution < -0.4 is 5.32 Å². The maximum atomic E-state index is 9.06. The van der Waals surface area contributed by atoms with Gasteiger partial charge in [-0.15, -0.1) is 10.2 Å². The molecule has 0 saturated carbocycles. The highest BCUT2D eigenvalue weighted by atomic mass is 35.5. The molecule has 0 radical (unpaired) electrons. The molecule has 0 spiro atoms. The number of hydrogen-bond donors (Lipinski definition) is 1. The standard InChI is InChI=1S/C12H9ClN6S/c1-7(15-12-8(6-14)10(13)18-20-12)11-17-16-9-4-2-3-5-19(9)11/h2-5,7,15H,1H3. The summed E-state index contributed by atoms with van der Waals surface area (Å²) in [6.07, 6.45) is 1.90. The second-order valence-corrected chi connectivity index (χ2v) is 5.27. The number of fused-ring (bicyclic) bond motifs is 1. The van der Waals surface area contributed by atoms with Crippen molar-refractivity contribution in [3.8, 4) is 6.07 Å². The third-order valence-electron chi connectivity index (χ3n) is 2.84. The lowest BCUT2D eigenvalue weighted by atomic mass is 10.3. The molecule has 3 rings (SSSR count). The molecule has 0 fully saturated rings.